The summed E-state index contributed by atoms with van der Waals surface area (Å²) in [6, 6.07) is 5.22. The lowest BCUT2D eigenvalue weighted by Gasteiger charge is -2.28. The van der Waals surface area contributed by atoms with E-state index in [2.05, 4.69) is 5.32 Å². The van der Waals surface area contributed by atoms with E-state index >= 15 is 0 Å². The van der Waals surface area contributed by atoms with E-state index in [9.17, 15) is 19.1 Å². The first-order valence-corrected chi connectivity index (χ1v) is 6.36. The second kappa shape index (κ2) is 6.11. The number of rotatable bonds is 4. The summed E-state index contributed by atoms with van der Waals surface area (Å²) in [5, 5.41) is 11.7. The van der Waals surface area contributed by atoms with Gasteiger partial charge in [-0.3, -0.25) is 0 Å². The molecule has 0 bridgehead atoms. The number of carbonyl (C=O) groups excluding carboxylic acids is 1. The number of amides is 1. The van der Waals surface area contributed by atoms with Crippen LogP contribution in [0.5, 0.6) is 0 Å². The van der Waals surface area contributed by atoms with Gasteiger partial charge in [-0.2, -0.15) is 0 Å². The molecule has 1 aromatic rings. The highest BCUT2D eigenvalue weighted by Gasteiger charge is 2.36. The normalized spacial score (nSPS) is 14.8. The van der Waals surface area contributed by atoms with Crippen LogP contribution in [0.3, 0.4) is 0 Å². The van der Waals surface area contributed by atoms with Gasteiger partial charge in [0.25, 0.3) is 0 Å². The van der Waals surface area contributed by atoms with Crippen molar-refractivity contribution in [3.63, 3.8) is 0 Å². The first-order valence-electron chi connectivity index (χ1n) is 7.07. The highest BCUT2D eigenvalue weighted by molar-refractivity contribution is 5.84. The zero-order chi connectivity index (χ0) is 17.0. The van der Waals surface area contributed by atoms with Gasteiger partial charge in [-0.25, -0.2) is 14.0 Å². The van der Waals surface area contributed by atoms with Crippen LogP contribution in [-0.4, -0.2) is 28.3 Å². The first kappa shape index (κ1) is 15.3. The van der Waals surface area contributed by atoms with Crippen molar-refractivity contribution in [2.75, 3.05) is 0 Å². The third kappa shape index (κ3) is 5.41. The zero-order valence-electron chi connectivity index (χ0n) is 13.3. The van der Waals surface area contributed by atoms with E-state index in [-0.39, 0.29) is 6.42 Å². The van der Waals surface area contributed by atoms with E-state index in [1.165, 1.54) is 24.3 Å². The average Bonchev–Trinajstić information content (AvgIpc) is 2.38. The highest BCUT2D eigenvalue weighted by atomic mass is 19.1. The topological polar surface area (TPSA) is 75.6 Å². The molecule has 0 unspecified atom stereocenters. The Balaban J connectivity index is 2.97. The van der Waals surface area contributed by atoms with Crippen molar-refractivity contribution >= 4 is 12.1 Å². The molecule has 1 aromatic carbocycles. The lowest BCUT2D eigenvalue weighted by atomic mass is 9.93. The molecular weight excluding hydrogens is 277 g/mol. The predicted molar refractivity (Wildman–Crippen MR) is 75.5 cm³/mol. The van der Waals surface area contributed by atoms with Crippen molar-refractivity contribution in [1.82, 2.24) is 5.32 Å². The molecule has 0 heterocycles. The third-order valence-corrected chi connectivity index (χ3v) is 2.57. The van der Waals surface area contributed by atoms with Gasteiger partial charge in [0.05, 0.1) is 0 Å². The fraction of sp³-hybridized carbons (Fsp3) is 0.467. The van der Waals surface area contributed by atoms with Gasteiger partial charge in [-0.05, 0) is 45.4 Å². The van der Waals surface area contributed by atoms with E-state index in [0.717, 1.165) is 0 Å². The van der Waals surface area contributed by atoms with Crippen molar-refractivity contribution in [3.05, 3.63) is 35.6 Å². The maximum absolute atomic E-state index is 12.9. The second-order valence-corrected chi connectivity index (χ2v) is 5.82. The van der Waals surface area contributed by atoms with Crippen molar-refractivity contribution < 1.29 is 25.2 Å². The van der Waals surface area contributed by atoms with Crippen LogP contribution < -0.4 is 5.32 Å². The zero-order valence-corrected chi connectivity index (χ0v) is 12.3. The van der Waals surface area contributed by atoms with Gasteiger partial charge in [0.15, 0.2) is 0 Å². The number of nitrogens with one attached hydrogen (secondary N) is 1. The molecule has 0 saturated carbocycles. The molecule has 0 spiro atoms. The second-order valence-electron chi connectivity index (χ2n) is 5.82. The molecule has 0 fully saturated rings. The van der Waals surface area contributed by atoms with Gasteiger partial charge in [-0.15, -0.1) is 0 Å². The summed E-state index contributed by atoms with van der Waals surface area (Å²) in [7, 11) is 0. The number of aliphatic carboxylic acids is 1. The van der Waals surface area contributed by atoms with Crippen molar-refractivity contribution in [1.29, 1.82) is 0 Å². The van der Waals surface area contributed by atoms with Crippen LogP contribution in [0.25, 0.3) is 0 Å². The summed E-state index contributed by atoms with van der Waals surface area (Å²) >= 11 is 0. The maximum atomic E-state index is 12.9. The fourth-order valence-electron chi connectivity index (χ4n) is 1.62. The maximum Gasteiger partial charge on any atom is 0.408 e. The molecule has 116 valence electrons. The summed E-state index contributed by atoms with van der Waals surface area (Å²) in [6.07, 6.45) is -1.06. The number of carbonyl (C=O) groups is 2. The van der Waals surface area contributed by atoms with Crippen LogP contribution >= 0.6 is 0 Å². The molecular formula is C15H20FNO4. The number of hydrogen-bond acceptors (Lipinski definition) is 3. The van der Waals surface area contributed by atoms with E-state index < -0.39 is 35.9 Å². The van der Waals surface area contributed by atoms with Gasteiger partial charge in [0.1, 0.15) is 17.0 Å². The number of hydrogen-bond donors (Lipinski definition) is 2. The Kier molecular flexibility index (Phi) is 4.45. The minimum atomic E-state index is -1.83. The Hall–Kier alpha value is -2.11. The van der Waals surface area contributed by atoms with Gasteiger partial charge in [0.2, 0.25) is 0 Å². The van der Waals surface area contributed by atoms with Gasteiger partial charge in [0, 0.05) is 7.79 Å². The smallest absolute Gasteiger partial charge is 0.408 e. The summed E-state index contributed by atoms with van der Waals surface area (Å²) in [4.78, 5) is 23.4. The molecule has 21 heavy (non-hydrogen) atoms. The van der Waals surface area contributed by atoms with Crippen LogP contribution in [0, 0.1) is 5.82 Å². The van der Waals surface area contributed by atoms with Gasteiger partial charge >= 0.3 is 12.1 Å². The highest BCUT2D eigenvalue weighted by Crippen LogP contribution is 2.16. The summed E-state index contributed by atoms with van der Waals surface area (Å²) in [5.41, 5.74) is -2.13. The molecule has 1 atom stereocenters. The summed E-state index contributed by atoms with van der Waals surface area (Å²) < 4.78 is 25.5. The fourth-order valence-corrected chi connectivity index (χ4v) is 1.62. The molecule has 0 aliphatic carbocycles. The van der Waals surface area contributed by atoms with Crippen LogP contribution in [0.15, 0.2) is 24.3 Å². The Morgan fingerprint density at radius 2 is 1.90 bits per heavy atom. The summed E-state index contributed by atoms with van der Waals surface area (Å²) in [6.45, 7) is 4.36. The van der Waals surface area contributed by atoms with Crippen LogP contribution in [0.1, 0.15) is 34.6 Å². The molecule has 0 aliphatic heterocycles. The molecule has 0 saturated heterocycles. The third-order valence-electron chi connectivity index (χ3n) is 2.57. The van der Waals surface area contributed by atoms with Crippen LogP contribution in [-0.2, 0) is 16.0 Å². The van der Waals surface area contributed by atoms with E-state index in [1.807, 2.05) is 0 Å². The molecule has 1 rings (SSSR count). The van der Waals surface area contributed by atoms with Crippen LogP contribution in [0.4, 0.5) is 9.18 Å². The largest absolute Gasteiger partial charge is 0.480 e. The number of ether oxygens (including phenoxy) is 1. The van der Waals surface area contributed by atoms with Gasteiger partial charge in [-0.1, -0.05) is 12.1 Å². The van der Waals surface area contributed by atoms with Crippen molar-refractivity contribution in [2.24, 2.45) is 0 Å². The SMILES string of the molecule is [2H]C[C@@](Cc1ccc(F)cc1)(NC(=O)OC(C)(C)C)C(=O)O. The number of carboxylic acids is 1. The van der Waals surface area contributed by atoms with Gasteiger partial charge < -0.3 is 15.2 Å². The number of benzene rings is 1. The number of carboxylic acid groups (broad SMARTS) is 1. The lowest BCUT2D eigenvalue weighted by Crippen LogP contribution is -2.54. The van der Waals surface area contributed by atoms with E-state index in [0.29, 0.717) is 5.56 Å². The Bertz CT molecular complexity index is 541. The van der Waals surface area contributed by atoms with Crippen LogP contribution in [0.2, 0.25) is 0 Å². The number of alkyl carbamates (subject to hydrolysis) is 1. The van der Waals surface area contributed by atoms with E-state index in [4.69, 9.17) is 6.11 Å². The monoisotopic (exact) mass is 298 g/mol. The number of halogens is 1. The molecule has 6 heteroatoms. The van der Waals surface area contributed by atoms with E-state index in [1.54, 1.807) is 20.8 Å². The Labute approximate surface area is 124 Å². The molecule has 0 aromatic heterocycles. The Morgan fingerprint density at radius 1 is 1.33 bits per heavy atom. The molecule has 5 nitrogen and oxygen atoms in total. The lowest BCUT2D eigenvalue weighted by molar-refractivity contribution is -0.144. The summed E-state index contributed by atoms with van der Waals surface area (Å²) in [5.74, 6) is -1.80. The minimum absolute atomic E-state index is 0.147. The molecule has 0 aliphatic rings. The van der Waals surface area contributed by atoms with Crippen molar-refractivity contribution in [3.8, 4) is 0 Å². The first-order chi connectivity index (χ1) is 10.1. The molecule has 1 amide bonds. The standard InChI is InChI=1S/C15H20FNO4/c1-14(2,3)21-13(20)17-15(4,12(18)19)9-10-5-7-11(16)8-6-10/h5-8H,9H2,1-4H3,(H,17,20)(H,18,19)/t15-/m0/s1/i4D. The molecule has 2 N–H and O–H groups in total. The minimum Gasteiger partial charge on any atom is -0.480 e. The predicted octanol–water partition coefficient (Wildman–Crippen LogP) is 2.74. The Morgan fingerprint density at radius 3 is 2.33 bits per heavy atom. The van der Waals surface area contributed by atoms with Crippen molar-refractivity contribution in [2.45, 2.75) is 45.2 Å². The quantitative estimate of drug-likeness (QED) is 0.896. The molecule has 0 radical (unpaired) electrons. The average molecular weight is 298 g/mol.